The molecule has 0 aliphatic rings. The summed E-state index contributed by atoms with van der Waals surface area (Å²) in [5.41, 5.74) is 1.91. The number of hydrogen-bond donors (Lipinski definition) is 1. The summed E-state index contributed by atoms with van der Waals surface area (Å²) in [7, 11) is 1.89. The fourth-order valence-electron chi connectivity index (χ4n) is 0.876. The standard InChI is InChI=1S/C8H11ClN2/c1-6-8(9)4-3-7(11-6)5-10-2/h3-4,10H,5H2,1-2H3. The first kappa shape index (κ1) is 8.50. The first-order valence-corrected chi connectivity index (χ1v) is 3.88. The van der Waals surface area contributed by atoms with E-state index >= 15 is 0 Å². The molecule has 11 heavy (non-hydrogen) atoms. The molecule has 1 aromatic heterocycles. The number of pyridine rings is 1. The summed E-state index contributed by atoms with van der Waals surface area (Å²) in [6.45, 7) is 2.69. The van der Waals surface area contributed by atoms with Gasteiger partial charge in [0.05, 0.1) is 16.4 Å². The van der Waals surface area contributed by atoms with Crippen LogP contribution in [0.5, 0.6) is 0 Å². The molecule has 0 spiro atoms. The largest absolute Gasteiger partial charge is 0.314 e. The predicted octanol–water partition coefficient (Wildman–Crippen LogP) is 1.76. The zero-order valence-electron chi connectivity index (χ0n) is 6.69. The average Bonchev–Trinajstić information content (AvgIpc) is 1.98. The zero-order valence-corrected chi connectivity index (χ0v) is 7.44. The van der Waals surface area contributed by atoms with Crippen LogP contribution in [0.3, 0.4) is 0 Å². The Morgan fingerprint density at radius 3 is 2.82 bits per heavy atom. The van der Waals surface area contributed by atoms with Gasteiger partial charge >= 0.3 is 0 Å². The summed E-state index contributed by atoms with van der Waals surface area (Å²) >= 11 is 5.80. The van der Waals surface area contributed by atoms with Crippen molar-refractivity contribution < 1.29 is 0 Å². The third-order valence-corrected chi connectivity index (χ3v) is 1.84. The summed E-state index contributed by atoms with van der Waals surface area (Å²) in [5.74, 6) is 0. The third kappa shape index (κ3) is 2.17. The van der Waals surface area contributed by atoms with Crippen molar-refractivity contribution in [2.75, 3.05) is 7.05 Å². The molecule has 0 aromatic carbocycles. The van der Waals surface area contributed by atoms with Gasteiger partial charge in [-0.05, 0) is 26.1 Å². The number of aromatic nitrogens is 1. The van der Waals surface area contributed by atoms with Crippen molar-refractivity contribution >= 4 is 11.6 Å². The summed E-state index contributed by atoms with van der Waals surface area (Å²) in [5, 5.41) is 3.75. The van der Waals surface area contributed by atoms with Crippen molar-refractivity contribution in [3.8, 4) is 0 Å². The Balaban J connectivity index is 2.86. The van der Waals surface area contributed by atoms with Crippen LogP contribution in [0.4, 0.5) is 0 Å². The second kappa shape index (κ2) is 3.69. The molecule has 1 heterocycles. The molecule has 0 bridgehead atoms. The summed E-state index contributed by atoms with van der Waals surface area (Å²) in [4.78, 5) is 4.27. The van der Waals surface area contributed by atoms with E-state index in [1.807, 2.05) is 26.1 Å². The van der Waals surface area contributed by atoms with Crippen LogP contribution in [0.25, 0.3) is 0 Å². The monoisotopic (exact) mass is 170 g/mol. The quantitative estimate of drug-likeness (QED) is 0.732. The van der Waals surface area contributed by atoms with E-state index in [9.17, 15) is 0 Å². The fourth-order valence-corrected chi connectivity index (χ4v) is 0.981. The van der Waals surface area contributed by atoms with Crippen LogP contribution in [0.2, 0.25) is 5.02 Å². The minimum absolute atomic E-state index is 0.727. The van der Waals surface area contributed by atoms with Crippen LogP contribution >= 0.6 is 11.6 Å². The number of halogens is 1. The molecule has 0 fully saturated rings. The van der Waals surface area contributed by atoms with E-state index in [1.165, 1.54) is 0 Å². The lowest BCUT2D eigenvalue weighted by Gasteiger charge is -2.01. The third-order valence-electron chi connectivity index (χ3n) is 1.44. The molecule has 0 atom stereocenters. The molecule has 1 N–H and O–H groups in total. The number of nitrogens with one attached hydrogen (secondary N) is 1. The number of nitrogens with zero attached hydrogens (tertiary/aromatic N) is 1. The van der Waals surface area contributed by atoms with Crippen LogP contribution in [-0.2, 0) is 6.54 Å². The Morgan fingerprint density at radius 2 is 2.27 bits per heavy atom. The summed E-state index contributed by atoms with van der Waals surface area (Å²) in [6, 6.07) is 3.79. The molecule has 0 saturated heterocycles. The molecule has 3 heteroatoms. The molecule has 60 valence electrons. The number of rotatable bonds is 2. The fraction of sp³-hybridized carbons (Fsp3) is 0.375. The molecule has 0 unspecified atom stereocenters. The maximum absolute atomic E-state index is 5.80. The molecule has 1 rings (SSSR count). The van der Waals surface area contributed by atoms with Crippen LogP contribution in [0.15, 0.2) is 12.1 Å². The maximum atomic E-state index is 5.80. The summed E-state index contributed by atoms with van der Waals surface area (Å²) < 4.78 is 0. The summed E-state index contributed by atoms with van der Waals surface area (Å²) in [6.07, 6.45) is 0. The molecule has 0 saturated carbocycles. The smallest absolute Gasteiger partial charge is 0.0618 e. The molecule has 0 radical (unpaired) electrons. The Labute approximate surface area is 71.6 Å². The number of aryl methyl sites for hydroxylation is 1. The Morgan fingerprint density at radius 1 is 1.55 bits per heavy atom. The molecular formula is C8H11ClN2. The van der Waals surface area contributed by atoms with Gasteiger partial charge in [0.1, 0.15) is 0 Å². The van der Waals surface area contributed by atoms with Gasteiger partial charge < -0.3 is 5.32 Å². The minimum atomic E-state index is 0.727. The first-order chi connectivity index (χ1) is 5.24. The van der Waals surface area contributed by atoms with Gasteiger partial charge in [0.25, 0.3) is 0 Å². The first-order valence-electron chi connectivity index (χ1n) is 3.50. The lowest BCUT2D eigenvalue weighted by Crippen LogP contribution is -2.07. The molecule has 0 aliphatic carbocycles. The zero-order chi connectivity index (χ0) is 8.27. The van der Waals surface area contributed by atoms with Gasteiger partial charge in [-0.3, -0.25) is 4.98 Å². The van der Waals surface area contributed by atoms with Crippen molar-refractivity contribution in [2.24, 2.45) is 0 Å². The van der Waals surface area contributed by atoms with Crippen molar-refractivity contribution in [1.29, 1.82) is 0 Å². The van der Waals surface area contributed by atoms with E-state index < -0.39 is 0 Å². The second-order valence-corrected chi connectivity index (χ2v) is 2.81. The molecule has 1 aromatic rings. The van der Waals surface area contributed by atoms with E-state index in [0.29, 0.717) is 0 Å². The highest BCUT2D eigenvalue weighted by molar-refractivity contribution is 6.31. The van der Waals surface area contributed by atoms with Crippen molar-refractivity contribution in [3.63, 3.8) is 0 Å². The number of hydrogen-bond acceptors (Lipinski definition) is 2. The van der Waals surface area contributed by atoms with E-state index in [1.54, 1.807) is 0 Å². The normalized spacial score (nSPS) is 10.1. The maximum Gasteiger partial charge on any atom is 0.0618 e. The van der Waals surface area contributed by atoms with Gasteiger partial charge in [0, 0.05) is 6.54 Å². The van der Waals surface area contributed by atoms with Gasteiger partial charge in [0.15, 0.2) is 0 Å². The Hall–Kier alpha value is -0.600. The van der Waals surface area contributed by atoms with Crippen molar-refractivity contribution in [1.82, 2.24) is 10.3 Å². The van der Waals surface area contributed by atoms with Crippen LogP contribution in [-0.4, -0.2) is 12.0 Å². The molecular weight excluding hydrogens is 160 g/mol. The van der Waals surface area contributed by atoms with Gasteiger partial charge in [-0.15, -0.1) is 0 Å². The van der Waals surface area contributed by atoms with Crippen LogP contribution in [0.1, 0.15) is 11.4 Å². The van der Waals surface area contributed by atoms with E-state index in [-0.39, 0.29) is 0 Å². The topological polar surface area (TPSA) is 24.9 Å². The average molecular weight is 171 g/mol. The van der Waals surface area contributed by atoms with E-state index in [0.717, 1.165) is 23.0 Å². The molecule has 0 amide bonds. The highest BCUT2D eigenvalue weighted by atomic mass is 35.5. The Bertz CT molecular complexity index is 248. The lowest BCUT2D eigenvalue weighted by atomic mass is 10.3. The van der Waals surface area contributed by atoms with Crippen molar-refractivity contribution in [3.05, 3.63) is 28.5 Å². The highest BCUT2D eigenvalue weighted by Crippen LogP contribution is 2.12. The van der Waals surface area contributed by atoms with Gasteiger partial charge in [-0.25, -0.2) is 0 Å². The van der Waals surface area contributed by atoms with Gasteiger partial charge in [-0.1, -0.05) is 11.6 Å². The minimum Gasteiger partial charge on any atom is -0.314 e. The second-order valence-electron chi connectivity index (χ2n) is 2.40. The van der Waals surface area contributed by atoms with Gasteiger partial charge in [-0.2, -0.15) is 0 Å². The van der Waals surface area contributed by atoms with Crippen LogP contribution in [0, 0.1) is 6.92 Å². The lowest BCUT2D eigenvalue weighted by molar-refractivity contribution is 0.787. The van der Waals surface area contributed by atoms with Crippen molar-refractivity contribution in [2.45, 2.75) is 13.5 Å². The SMILES string of the molecule is CNCc1ccc(Cl)c(C)n1. The van der Waals surface area contributed by atoms with E-state index in [2.05, 4.69) is 10.3 Å². The van der Waals surface area contributed by atoms with Crippen LogP contribution < -0.4 is 5.32 Å². The van der Waals surface area contributed by atoms with Gasteiger partial charge in [0.2, 0.25) is 0 Å². The Kier molecular flexibility index (Phi) is 2.85. The molecule has 2 nitrogen and oxygen atoms in total. The highest BCUT2D eigenvalue weighted by Gasteiger charge is 1.96. The molecule has 0 aliphatic heterocycles. The predicted molar refractivity (Wildman–Crippen MR) is 46.7 cm³/mol. The van der Waals surface area contributed by atoms with E-state index in [4.69, 9.17) is 11.6 Å².